The molecule has 0 spiro atoms. The van der Waals surface area contributed by atoms with Crippen molar-refractivity contribution in [1.29, 1.82) is 0 Å². The van der Waals surface area contributed by atoms with Crippen LogP contribution < -0.4 is 4.74 Å². The van der Waals surface area contributed by atoms with E-state index in [2.05, 4.69) is 42.2 Å². The molecule has 2 N–H and O–H groups in total. The first kappa shape index (κ1) is 26.0. The SMILES string of the molecule is CC1CCCN1CCCc1ccccc1.Cc1cccc(O)c1.Oc1ccc2c(c1)SCCO2. The Balaban J connectivity index is 0.000000150. The van der Waals surface area contributed by atoms with Gasteiger partial charge in [-0.25, -0.2) is 0 Å². The van der Waals surface area contributed by atoms with Gasteiger partial charge in [0.2, 0.25) is 0 Å². The third-order valence-corrected chi connectivity index (χ3v) is 6.97. The van der Waals surface area contributed by atoms with Crippen molar-refractivity contribution < 1.29 is 14.9 Å². The average molecular weight is 480 g/mol. The molecule has 5 heteroatoms. The van der Waals surface area contributed by atoms with E-state index in [0.29, 0.717) is 11.5 Å². The highest BCUT2D eigenvalue weighted by Gasteiger charge is 2.18. The average Bonchev–Trinajstić information content (AvgIpc) is 3.25. The van der Waals surface area contributed by atoms with Crippen molar-refractivity contribution in [3.63, 3.8) is 0 Å². The van der Waals surface area contributed by atoms with Crippen LogP contribution in [0.2, 0.25) is 0 Å². The molecule has 182 valence electrons. The lowest BCUT2D eigenvalue weighted by atomic mass is 10.1. The molecular formula is C29H37NO3S. The fourth-order valence-electron chi connectivity index (χ4n) is 4.12. The van der Waals surface area contributed by atoms with E-state index in [9.17, 15) is 0 Å². The second kappa shape index (κ2) is 13.9. The fraction of sp³-hybridized carbons (Fsp3) is 0.379. The Hall–Kier alpha value is -2.63. The van der Waals surface area contributed by atoms with E-state index < -0.39 is 0 Å². The van der Waals surface area contributed by atoms with E-state index in [0.717, 1.165) is 34.6 Å². The molecular weight excluding hydrogens is 442 g/mol. The molecule has 1 saturated heterocycles. The summed E-state index contributed by atoms with van der Waals surface area (Å²) in [6.07, 6.45) is 5.32. The van der Waals surface area contributed by atoms with E-state index in [4.69, 9.17) is 14.9 Å². The van der Waals surface area contributed by atoms with Gasteiger partial charge in [0.05, 0.1) is 11.5 Å². The van der Waals surface area contributed by atoms with Crippen LogP contribution in [0.4, 0.5) is 0 Å². The lowest BCUT2D eigenvalue weighted by Gasteiger charge is -2.20. The molecule has 0 radical (unpaired) electrons. The summed E-state index contributed by atoms with van der Waals surface area (Å²) in [5, 5.41) is 17.9. The highest BCUT2D eigenvalue weighted by atomic mass is 32.2. The summed E-state index contributed by atoms with van der Waals surface area (Å²) in [5.74, 6) is 2.50. The zero-order valence-corrected chi connectivity index (χ0v) is 21.1. The molecule has 0 saturated carbocycles. The molecule has 34 heavy (non-hydrogen) atoms. The highest BCUT2D eigenvalue weighted by Crippen LogP contribution is 2.35. The molecule has 0 aliphatic carbocycles. The summed E-state index contributed by atoms with van der Waals surface area (Å²) in [6.45, 7) is 7.66. The Labute approximate surface area is 208 Å². The van der Waals surface area contributed by atoms with E-state index in [-0.39, 0.29) is 0 Å². The Bertz CT molecular complexity index is 978. The normalized spacial score (nSPS) is 16.8. The van der Waals surface area contributed by atoms with Gasteiger partial charge in [-0.3, -0.25) is 0 Å². The van der Waals surface area contributed by atoms with Gasteiger partial charge in [0, 0.05) is 11.8 Å². The van der Waals surface area contributed by atoms with Crippen LogP contribution in [0, 0.1) is 6.92 Å². The lowest BCUT2D eigenvalue weighted by molar-refractivity contribution is 0.265. The van der Waals surface area contributed by atoms with Crippen molar-refractivity contribution in [1.82, 2.24) is 4.90 Å². The molecule has 2 aliphatic heterocycles. The van der Waals surface area contributed by atoms with Crippen molar-refractivity contribution in [2.75, 3.05) is 25.4 Å². The van der Waals surface area contributed by atoms with Crippen LogP contribution >= 0.6 is 11.8 Å². The highest BCUT2D eigenvalue weighted by molar-refractivity contribution is 7.99. The number of ether oxygens (including phenoxy) is 1. The molecule has 0 aromatic heterocycles. The monoisotopic (exact) mass is 479 g/mol. The summed E-state index contributed by atoms with van der Waals surface area (Å²) >= 11 is 1.72. The molecule has 2 aliphatic rings. The third-order valence-electron chi connectivity index (χ3n) is 5.97. The first-order valence-electron chi connectivity index (χ1n) is 12.1. The number of hydrogen-bond donors (Lipinski definition) is 2. The van der Waals surface area contributed by atoms with Gasteiger partial charge in [0.25, 0.3) is 0 Å². The van der Waals surface area contributed by atoms with E-state index in [1.807, 2.05) is 19.1 Å². The first-order valence-corrected chi connectivity index (χ1v) is 13.1. The van der Waals surface area contributed by atoms with Gasteiger partial charge in [-0.15, -0.1) is 11.8 Å². The quantitative estimate of drug-likeness (QED) is 0.437. The standard InChI is InChI=1S/C14H21N.C8H8O2S.C7H8O/c1-13-7-5-11-15(13)12-6-10-14-8-3-2-4-9-14;9-6-1-2-7-8(5-6)11-4-3-10-7;1-6-3-2-4-7(8)5-6/h2-4,8-9,13H,5-7,10-12H2,1H3;1-2,5,9H,3-4H2;2-5,8H,1H3. The van der Waals surface area contributed by atoms with Crippen LogP contribution in [0.3, 0.4) is 0 Å². The number of nitrogens with zero attached hydrogens (tertiary/aromatic N) is 1. The largest absolute Gasteiger partial charge is 0.508 e. The number of aromatic hydroxyl groups is 2. The number of phenolic OH excluding ortho intramolecular Hbond substituents is 2. The van der Waals surface area contributed by atoms with E-state index >= 15 is 0 Å². The molecule has 1 fully saturated rings. The zero-order chi connectivity index (χ0) is 24.2. The number of likely N-dealkylation sites (tertiary alicyclic amines) is 1. The minimum Gasteiger partial charge on any atom is -0.508 e. The van der Waals surface area contributed by atoms with Crippen molar-refractivity contribution in [3.8, 4) is 17.2 Å². The van der Waals surface area contributed by atoms with Gasteiger partial charge in [-0.2, -0.15) is 0 Å². The Morgan fingerprint density at radius 3 is 2.44 bits per heavy atom. The summed E-state index contributed by atoms with van der Waals surface area (Å²) in [5.41, 5.74) is 2.56. The predicted octanol–water partition coefficient (Wildman–Crippen LogP) is 6.68. The Kier molecular flexibility index (Phi) is 10.6. The van der Waals surface area contributed by atoms with Gasteiger partial charge < -0.3 is 19.8 Å². The smallest absolute Gasteiger partial charge is 0.133 e. The van der Waals surface area contributed by atoms with Gasteiger partial charge >= 0.3 is 0 Å². The van der Waals surface area contributed by atoms with E-state index in [1.165, 1.54) is 44.3 Å². The second-order valence-corrected chi connectivity index (χ2v) is 9.92. The maximum absolute atomic E-state index is 9.12. The molecule has 5 rings (SSSR count). The maximum Gasteiger partial charge on any atom is 0.133 e. The third kappa shape index (κ3) is 8.96. The topological polar surface area (TPSA) is 52.9 Å². The van der Waals surface area contributed by atoms with Crippen LogP contribution in [-0.4, -0.2) is 46.6 Å². The van der Waals surface area contributed by atoms with Crippen molar-refractivity contribution in [2.45, 2.75) is 50.5 Å². The minimum absolute atomic E-state index is 0.307. The number of aryl methyl sites for hydroxylation is 2. The Morgan fingerprint density at radius 2 is 1.76 bits per heavy atom. The van der Waals surface area contributed by atoms with Crippen LogP contribution in [0.1, 0.15) is 37.3 Å². The van der Waals surface area contributed by atoms with Crippen molar-refractivity contribution in [2.24, 2.45) is 0 Å². The molecule has 1 unspecified atom stereocenters. The number of benzene rings is 3. The van der Waals surface area contributed by atoms with Gasteiger partial charge in [0.15, 0.2) is 0 Å². The molecule has 0 amide bonds. The molecule has 2 heterocycles. The fourth-order valence-corrected chi connectivity index (χ4v) is 4.98. The lowest BCUT2D eigenvalue weighted by Crippen LogP contribution is -2.28. The van der Waals surface area contributed by atoms with Crippen LogP contribution in [0.15, 0.2) is 77.7 Å². The second-order valence-electron chi connectivity index (χ2n) is 8.78. The van der Waals surface area contributed by atoms with E-state index in [1.54, 1.807) is 42.1 Å². The maximum atomic E-state index is 9.12. The van der Waals surface area contributed by atoms with Crippen LogP contribution in [0.25, 0.3) is 0 Å². The van der Waals surface area contributed by atoms with Crippen LogP contribution in [-0.2, 0) is 6.42 Å². The molecule has 3 aromatic carbocycles. The van der Waals surface area contributed by atoms with Crippen molar-refractivity contribution in [3.05, 3.63) is 83.9 Å². The van der Waals surface area contributed by atoms with Crippen molar-refractivity contribution >= 4 is 11.8 Å². The molecule has 0 bridgehead atoms. The summed E-state index contributed by atoms with van der Waals surface area (Å²) in [7, 11) is 0. The number of phenols is 2. The van der Waals surface area contributed by atoms with Gasteiger partial charge in [-0.1, -0.05) is 42.5 Å². The predicted molar refractivity (Wildman–Crippen MR) is 142 cm³/mol. The number of rotatable bonds is 4. The summed E-state index contributed by atoms with van der Waals surface area (Å²) < 4.78 is 5.35. The number of hydrogen-bond acceptors (Lipinski definition) is 5. The zero-order valence-electron chi connectivity index (χ0n) is 20.3. The number of fused-ring (bicyclic) bond motifs is 1. The van der Waals surface area contributed by atoms with Gasteiger partial charge in [0.1, 0.15) is 17.2 Å². The minimum atomic E-state index is 0.307. The van der Waals surface area contributed by atoms with Crippen LogP contribution in [0.5, 0.6) is 17.2 Å². The summed E-state index contributed by atoms with van der Waals surface area (Å²) in [4.78, 5) is 3.67. The first-order chi connectivity index (χ1) is 16.5. The van der Waals surface area contributed by atoms with Gasteiger partial charge in [-0.05, 0) is 94.1 Å². The molecule has 4 nitrogen and oxygen atoms in total. The Morgan fingerprint density at radius 1 is 0.971 bits per heavy atom. The number of thioether (sulfide) groups is 1. The molecule has 3 aromatic rings. The summed E-state index contributed by atoms with van der Waals surface area (Å²) in [6, 6.07) is 24.0. The molecule has 1 atom stereocenters.